The Morgan fingerprint density at radius 2 is 2.09 bits per heavy atom. The van der Waals surface area contributed by atoms with E-state index in [2.05, 4.69) is 9.97 Å². The van der Waals surface area contributed by atoms with Crippen LogP contribution in [0.4, 0.5) is 0 Å². The number of aromatic nitrogens is 2. The summed E-state index contributed by atoms with van der Waals surface area (Å²) in [6.07, 6.45) is 6.98. The Bertz CT molecular complexity index is 772. The fraction of sp³-hybridized carbons (Fsp3) is 0.588. The number of nitrogens with zero attached hydrogens (tertiary/aromatic N) is 1. The maximum absolute atomic E-state index is 12.5. The zero-order chi connectivity index (χ0) is 16.4. The van der Waals surface area contributed by atoms with Crippen molar-refractivity contribution in [3.8, 4) is 0 Å². The van der Waals surface area contributed by atoms with E-state index in [0.717, 1.165) is 38.5 Å². The van der Waals surface area contributed by atoms with Crippen LogP contribution in [-0.4, -0.2) is 22.0 Å². The molecule has 0 spiro atoms. The molecule has 1 aliphatic rings. The third-order valence-corrected chi connectivity index (χ3v) is 5.51. The van der Waals surface area contributed by atoms with Crippen molar-refractivity contribution >= 4 is 27.5 Å². The van der Waals surface area contributed by atoms with Crippen LogP contribution in [0.25, 0.3) is 10.2 Å². The van der Waals surface area contributed by atoms with Crippen molar-refractivity contribution in [3.05, 3.63) is 26.6 Å². The lowest BCUT2D eigenvalue weighted by Crippen LogP contribution is -2.20. The molecule has 1 saturated carbocycles. The number of rotatable bonds is 4. The number of hydrogen-bond acceptors (Lipinski definition) is 5. The van der Waals surface area contributed by atoms with Crippen LogP contribution in [0.5, 0.6) is 0 Å². The molecule has 6 heteroatoms. The summed E-state index contributed by atoms with van der Waals surface area (Å²) in [7, 11) is 0. The van der Waals surface area contributed by atoms with Crippen molar-refractivity contribution in [2.24, 2.45) is 0 Å². The number of nitrogens with one attached hydrogen (secondary N) is 1. The molecule has 2 aromatic rings. The molecule has 0 aliphatic heterocycles. The lowest BCUT2D eigenvalue weighted by atomic mass is 9.98. The van der Waals surface area contributed by atoms with Gasteiger partial charge in [0.25, 0.3) is 5.56 Å². The van der Waals surface area contributed by atoms with Gasteiger partial charge in [-0.1, -0.05) is 13.3 Å². The van der Waals surface area contributed by atoms with Crippen molar-refractivity contribution in [3.63, 3.8) is 0 Å². The average Bonchev–Trinajstić information content (AvgIpc) is 2.86. The first kappa shape index (κ1) is 16.2. The van der Waals surface area contributed by atoms with Crippen molar-refractivity contribution in [2.45, 2.75) is 64.9 Å². The number of aromatic amines is 1. The number of thiophene rings is 1. The van der Waals surface area contributed by atoms with E-state index < -0.39 is 0 Å². The SMILES string of the molecule is CCCc1nc2sc(C(=O)OC3CCCCC3)c(C)c2c(=O)[nH]1. The Kier molecular flexibility index (Phi) is 4.80. The summed E-state index contributed by atoms with van der Waals surface area (Å²) in [6.45, 7) is 3.84. The number of aryl methyl sites for hydroxylation is 2. The van der Waals surface area contributed by atoms with Crippen molar-refractivity contribution in [1.82, 2.24) is 9.97 Å². The smallest absolute Gasteiger partial charge is 0.348 e. The van der Waals surface area contributed by atoms with Gasteiger partial charge in [-0.05, 0) is 44.6 Å². The van der Waals surface area contributed by atoms with Gasteiger partial charge in [0.05, 0.1) is 5.39 Å². The fourth-order valence-corrected chi connectivity index (χ4v) is 4.21. The number of carbonyl (C=O) groups is 1. The molecule has 0 saturated heterocycles. The number of fused-ring (bicyclic) bond motifs is 1. The van der Waals surface area contributed by atoms with Gasteiger partial charge in [0.15, 0.2) is 0 Å². The molecule has 1 fully saturated rings. The first-order chi connectivity index (χ1) is 11.1. The van der Waals surface area contributed by atoms with E-state index in [1.54, 1.807) is 6.92 Å². The fourth-order valence-electron chi connectivity index (χ4n) is 3.13. The van der Waals surface area contributed by atoms with Gasteiger partial charge in [-0.3, -0.25) is 4.79 Å². The number of esters is 1. The summed E-state index contributed by atoms with van der Waals surface area (Å²) >= 11 is 1.27. The molecule has 0 amide bonds. The normalized spacial score (nSPS) is 15.9. The summed E-state index contributed by atoms with van der Waals surface area (Å²) in [6, 6.07) is 0. The molecule has 0 radical (unpaired) electrons. The first-order valence-electron chi connectivity index (χ1n) is 8.33. The largest absolute Gasteiger partial charge is 0.458 e. The van der Waals surface area contributed by atoms with E-state index in [4.69, 9.17) is 4.74 Å². The van der Waals surface area contributed by atoms with Gasteiger partial charge < -0.3 is 9.72 Å². The van der Waals surface area contributed by atoms with Crippen LogP contribution in [-0.2, 0) is 11.2 Å². The molecule has 2 aromatic heterocycles. The third-order valence-electron chi connectivity index (χ3n) is 4.35. The van der Waals surface area contributed by atoms with Crippen LogP contribution in [0, 0.1) is 6.92 Å². The summed E-state index contributed by atoms with van der Waals surface area (Å²) in [4.78, 5) is 33.2. The van der Waals surface area contributed by atoms with E-state index in [-0.39, 0.29) is 17.6 Å². The predicted molar refractivity (Wildman–Crippen MR) is 91.3 cm³/mol. The predicted octanol–water partition coefficient (Wildman–Crippen LogP) is 3.74. The van der Waals surface area contributed by atoms with E-state index in [0.29, 0.717) is 26.5 Å². The summed E-state index contributed by atoms with van der Waals surface area (Å²) in [5.74, 6) is 0.368. The zero-order valence-corrected chi connectivity index (χ0v) is 14.4. The molecule has 0 atom stereocenters. The van der Waals surface area contributed by atoms with Gasteiger partial charge in [0.2, 0.25) is 0 Å². The summed E-state index contributed by atoms with van der Waals surface area (Å²) in [5.41, 5.74) is 0.520. The molecule has 23 heavy (non-hydrogen) atoms. The molecular formula is C17H22N2O3S. The lowest BCUT2D eigenvalue weighted by molar-refractivity contribution is 0.0216. The number of hydrogen-bond donors (Lipinski definition) is 1. The standard InChI is InChI=1S/C17H22N2O3S/c1-3-7-12-18-15(20)13-10(2)14(23-16(13)19-12)17(21)22-11-8-5-4-6-9-11/h11H,3-9H2,1-2H3,(H,18,19,20). The zero-order valence-electron chi connectivity index (χ0n) is 13.6. The third kappa shape index (κ3) is 3.32. The topological polar surface area (TPSA) is 72.0 Å². The van der Waals surface area contributed by atoms with Crippen LogP contribution < -0.4 is 5.56 Å². The van der Waals surface area contributed by atoms with Crippen molar-refractivity contribution in [1.29, 1.82) is 0 Å². The minimum Gasteiger partial charge on any atom is -0.458 e. The summed E-state index contributed by atoms with van der Waals surface area (Å²) < 4.78 is 5.64. The van der Waals surface area contributed by atoms with Gasteiger partial charge in [-0.2, -0.15) is 0 Å². The molecule has 1 aliphatic carbocycles. The Morgan fingerprint density at radius 3 is 2.78 bits per heavy atom. The van der Waals surface area contributed by atoms with Crippen molar-refractivity contribution in [2.75, 3.05) is 0 Å². The highest BCUT2D eigenvalue weighted by Gasteiger charge is 2.24. The van der Waals surface area contributed by atoms with E-state index in [1.165, 1.54) is 17.8 Å². The lowest BCUT2D eigenvalue weighted by Gasteiger charge is -2.21. The van der Waals surface area contributed by atoms with Gasteiger partial charge in [0.1, 0.15) is 21.6 Å². The molecule has 0 unspecified atom stereocenters. The van der Waals surface area contributed by atoms with Crippen LogP contribution in [0.3, 0.4) is 0 Å². The minimum atomic E-state index is -0.311. The maximum Gasteiger partial charge on any atom is 0.348 e. The molecule has 0 aromatic carbocycles. The molecule has 3 rings (SSSR count). The molecule has 124 valence electrons. The van der Waals surface area contributed by atoms with E-state index in [9.17, 15) is 9.59 Å². The average molecular weight is 334 g/mol. The minimum absolute atomic E-state index is 0.0164. The Labute approximate surface area is 139 Å². The van der Waals surface area contributed by atoms with Crippen molar-refractivity contribution < 1.29 is 9.53 Å². The molecule has 0 bridgehead atoms. The summed E-state index contributed by atoms with van der Waals surface area (Å²) in [5, 5.41) is 0.519. The van der Waals surface area contributed by atoms with E-state index >= 15 is 0 Å². The second kappa shape index (κ2) is 6.83. The van der Waals surface area contributed by atoms with Gasteiger partial charge in [-0.15, -0.1) is 11.3 Å². The van der Waals surface area contributed by atoms with Gasteiger partial charge in [0, 0.05) is 6.42 Å². The Balaban J connectivity index is 1.91. The molecule has 5 nitrogen and oxygen atoms in total. The molecular weight excluding hydrogens is 312 g/mol. The second-order valence-electron chi connectivity index (χ2n) is 6.16. The Hall–Kier alpha value is -1.69. The van der Waals surface area contributed by atoms with Crippen LogP contribution in [0.15, 0.2) is 4.79 Å². The highest BCUT2D eigenvalue weighted by molar-refractivity contribution is 7.20. The van der Waals surface area contributed by atoms with Gasteiger partial charge in [-0.25, -0.2) is 9.78 Å². The number of ether oxygens (including phenoxy) is 1. The van der Waals surface area contributed by atoms with Gasteiger partial charge >= 0.3 is 5.97 Å². The van der Waals surface area contributed by atoms with Crippen LogP contribution in [0.1, 0.15) is 66.5 Å². The quantitative estimate of drug-likeness (QED) is 0.865. The molecule has 2 heterocycles. The Morgan fingerprint density at radius 1 is 1.35 bits per heavy atom. The first-order valence-corrected chi connectivity index (χ1v) is 9.15. The van der Waals surface area contributed by atoms with Crippen LogP contribution in [0.2, 0.25) is 0 Å². The second-order valence-corrected chi connectivity index (χ2v) is 7.16. The highest BCUT2D eigenvalue weighted by Crippen LogP contribution is 2.29. The number of H-pyrrole nitrogens is 1. The van der Waals surface area contributed by atoms with Crippen LogP contribution >= 0.6 is 11.3 Å². The number of carbonyl (C=O) groups excluding carboxylic acids is 1. The monoisotopic (exact) mass is 334 g/mol. The highest BCUT2D eigenvalue weighted by atomic mass is 32.1. The van der Waals surface area contributed by atoms with E-state index in [1.807, 2.05) is 6.92 Å². The maximum atomic E-state index is 12.5. The molecule has 1 N–H and O–H groups in total.